The van der Waals surface area contributed by atoms with Gasteiger partial charge in [-0.1, -0.05) is 0 Å². The third kappa shape index (κ3) is 4.01. The van der Waals surface area contributed by atoms with Gasteiger partial charge < -0.3 is 16.2 Å². The molecule has 0 heterocycles. The molecule has 0 saturated carbocycles. The van der Waals surface area contributed by atoms with Crippen molar-refractivity contribution in [1.29, 1.82) is 0 Å². The maximum Gasteiger partial charge on any atom is 0.226 e. The van der Waals surface area contributed by atoms with E-state index in [2.05, 4.69) is 5.32 Å². The van der Waals surface area contributed by atoms with Gasteiger partial charge in [0.2, 0.25) is 5.91 Å². The second-order valence-corrected chi connectivity index (χ2v) is 6.20. The lowest BCUT2D eigenvalue weighted by Gasteiger charge is -2.10. The van der Waals surface area contributed by atoms with Gasteiger partial charge in [-0.05, 0) is 25.1 Å². The number of amides is 1. The highest BCUT2D eigenvalue weighted by Crippen LogP contribution is 2.26. The molecular formula is C11H16N2O4S. The summed E-state index contributed by atoms with van der Waals surface area (Å²) < 4.78 is 22.7. The lowest BCUT2D eigenvalue weighted by Crippen LogP contribution is -2.24. The van der Waals surface area contributed by atoms with E-state index >= 15 is 0 Å². The van der Waals surface area contributed by atoms with Crippen LogP contribution in [0.1, 0.15) is 13.3 Å². The number of carbonyl (C=O) groups is 1. The zero-order chi connectivity index (χ0) is 13.9. The van der Waals surface area contributed by atoms with E-state index in [1.807, 2.05) is 0 Å². The quantitative estimate of drug-likeness (QED) is 0.690. The Morgan fingerprint density at radius 1 is 1.50 bits per heavy atom. The Morgan fingerprint density at radius 2 is 2.11 bits per heavy atom. The molecule has 0 spiro atoms. The maximum absolute atomic E-state index is 11.5. The summed E-state index contributed by atoms with van der Waals surface area (Å²) in [7, 11) is -3.39. The molecular weight excluding hydrogens is 256 g/mol. The number of sulfone groups is 1. The molecule has 1 rings (SSSR count). The van der Waals surface area contributed by atoms with Crippen LogP contribution >= 0.6 is 0 Å². The van der Waals surface area contributed by atoms with Crippen molar-refractivity contribution < 1.29 is 18.3 Å². The van der Waals surface area contributed by atoms with Gasteiger partial charge in [0, 0.05) is 18.7 Å². The molecule has 0 aromatic heterocycles. The Labute approximate surface area is 106 Å². The fraction of sp³-hybridized carbons (Fsp3) is 0.364. The Balaban J connectivity index is 2.99. The first-order valence-electron chi connectivity index (χ1n) is 5.28. The highest BCUT2D eigenvalue weighted by Gasteiger charge is 2.13. The van der Waals surface area contributed by atoms with Crippen LogP contribution in [0.3, 0.4) is 0 Å². The van der Waals surface area contributed by atoms with Crippen molar-refractivity contribution in [2.45, 2.75) is 24.3 Å². The van der Waals surface area contributed by atoms with E-state index in [1.165, 1.54) is 18.2 Å². The Kier molecular flexibility index (Phi) is 4.31. The first-order valence-corrected chi connectivity index (χ1v) is 7.18. The van der Waals surface area contributed by atoms with Gasteiger partial charge in [-0.2, -0.15) is 0 Å². The Bertz CT molecular complexity index is 552. The molecule has 0 fully saturated rings. The highest BCUT2D eigenvalue weighted by atomic mass is 32.2. The number of anilines is 1. The molecule has 18 heavy (non-hydrogen) atoms. The molecule has 1 aromatic carbocycles. The van der Waals surface area contributed by atoms with Crippen molar-refractivity contribution in [3.05, 3.63) is 18.2 Å². The summed E-state index contributed by atoms with van der Waals surface area (Å²) in [4.78, 5) is 11.5. The number of nitrogens with two attached hydrogens (primary N) is 1. The van der Waals surface area contributed by atoms with E-state index in [-0.39, 0.29) is 34.7 Å². The summed E-state index contributed by atoms with van der Waals surface area (Å²) >= 11 is 0. The average molecular weight is 272 g/mol. The fourth-order valence-corrected chi connectivity index (χ4v) is 1.99. The standard InChI is InChI=1S/C11H16N2O4S/c1-7(12)5-11(15)13-9-6-8(18(2,16)17)3-4-10(9)14/h3-4,6-7,14H,5,12H2,1-2H3,(H,13,15). The third-order valence-electron chi connectivity index (χ3n) is 2.18. The molecule has 1 unspecified atom stereocenters. The summed E-state index contributed by atoms with van der Waals surface area (Å²) in [6, 6.07) is 3.39. The van der Waals surface area contributed by atoms with Gasteiger partial charge in [0.1, 0.15) is 5.75 Å². The number of carbonyl (C=O) groups excluding carboxylic acids is 1. The van der Waals surface area contributed by atoms with Gasteiger partial charge in [-0.15, -0.1) is 0 Å². The number of hydrogen-bond donors (Lipinski definition) is 3. The monoisotopic (exact) mass is 272 g/mol. The van der Waals surface area contributed by atoms with Crippen molar-refractivity contribution in [3.8, 4) is 5.75 Å². The van der Waals surface area contributed by atoms with Crippen LogP contribution in [0.15, 0.2) is 23.1 Å². The van der Waals surface area contributed by atoms with Crippen LogP contribution in [0.25, 0.3) is 0 Å². The van der Waals surface area contributed by atoms with Crippen LogP contribution in [-0.4, -0.2) is 31.7 Å². The van der Waals surface area contributed by atoms with E-state index in [9.17, 15) is 18.3 Å². The van der Waals surface area contributed by atoms with Crippen molar-refractivity contribution in [2.75, 3.05) is 11.6 Å². The lowest BCUT2D eigenvalue weighted by molar-refractivity contribution is -0.116. The molecule has 100 valence electrons. The number of rotatable bonds is 4. The molecule has 6 nitrogen and oxygen atoms in total. The minimum absolute atomic E-state index is 0.0244. The fourth-order valence-electron chi connectivity index (χ4n) is 1.34. The predicted octanol–water partition coefficient (Wildman–Crippen LogP) is 0.471. The van der Waals surface area contributed by atoms with Crippen LogP contribution in [0.2, 0.25) is 0 Å². The molecule has 1 atom stereocenters. The van der Waals surface area contributed by atoms with Gasteiger partial charge in [0.15, 0.2) is 9.84 Å². The van der Waals surface area contributed by atoms with Crippen LogP contribution in [0.5, 0.6) is 5.75 Å². The summed E-state index contributed by atoms with van der Waals surface area (Å²) in [5.41, 5.74) is 5.52. The minimum Gasteiger partial charge on any atom is -0.506 e. The van der Waals surface area contributed by atoms with Gasteiger partial charge in [0.25, 0.3) is 0 Å². The minimum atomic E-state index is -3.39. The molecule has 1 aromatic rings. The topological polar surface area (TPSA) is 109 Å². The van der Waals surface area contributed by atoms with Crippen molar-refractivity contribution in [1.82, 2.24) is 0 Å². The molecule has 0 bridgehead atoms. The van der Waals surface area contributed by atoms with Crippen molar-refractivity contribution in [3.63, 3.8) is 0 Å². The van der Waals surface area contributed by atoms with E-state index < -0.39 is 9.84 Å². The zero-order valence-electron chi connectivity index (χ0n) is 10.2. The molecule has 1 amide bonds. The second kappa shape index (κ2) is 5.36. The second-order valence-electron chi connectivity index (χ2n) is 4.18. The molecule has 7 heteroatoms. The maximum atomic E-state index is 11.5. The third-order valence-corrected chi connectivity index (χ3v) is 3.29. The van der Waals surface area contributed by atoms with Crippen molar-refractivity contribution in [2.24, 2.45) is 5.73 Å². The largest absolute Gasteiger partial charge is 0.506 e. The first kappa shape index (κ1) is 14.5. The van der Waals surface area contributed by atoms with E-state index in [4.69, 9.17) is 5.73 Å². The average Bonchev–Trinajstić information content (AvgIpc) is 2.18. The number of phenols is 1. The van der Waals surface area contributed by atoms with E-state index in [1.54, 1.807) is 6.92 Å². The molecule has 4 N–H and O–H groups in total. The summed E-state index contributed by atoms with van der Waals surface area (Å²) in [6.07, 6.45) is 1.13. The SMILES string of the molecule is CC(N)CC(=O)Nc1cc(S(C)(=O)=O)ccc1O. The number of aromatic hydroxyl groups is 1. The first-order chi connectivity index (χ1) is 8.20. The van der Waals surface area contributed by atoms with Gasteiger partial charge >= 0.3 is 0 Å². The summed E-state index contributed by atoms with van der Waals surface area (Å²) in [5, 5.41) is 12.0. The smallest absolute Gasteiger partial charge is 0.226 e. The van der Waals surface area contributed by atoms with Crippen LogP contribution in [0.4, 0.5) is 5.69 Å². The Hall–Kier alpha value is -1.60. The van der Waals surface area contributed by atoms with Gasteiger partial charge in [0.05, 0.1) is 10.6 Å². The highest BCUT2D eigenvalue weighted by molar-refractivity contribution is 7.90. The molecule has 0 aliphatic rings. The molecule has 0 aliphatic carbocycles. The molecule has 0 saturated heterocycles. The van der Waals surface area contributed by atoms with Crippen LogP contribution in [0, 0.1) is 0 Å². The predicted molar refractivity (Wildman–Crippen MR) is 68.1 cm³/mol. The van der Waals surface area contributed by atoms with Gasteiger partial charge in [-0.25, -0.2) is 8.42 Å². The normalized spacial score (nSPS) is 13.1. The zero-order valence-corrected chi connectivity index (χ0v) is 11.0. The summed E-state index contributed by atoms with van der Waals surface area (Å²) in [5.74, 6) is -0.577. The van der Waals surface area contributed by atoms with E-state index in [0.717, 1.165) is 6.26 Å². The summed E-state index contributed by atoms with van der Waals surface area (Å²) in [6.45, 7) is 1.67. The Morgan fingerprint density at radius 3 is 2.61 bits per heavy atom. The van der Waals surface area contributed by atoms with Crippen LogP contribution < -0.4 is 11.1 Å². The number of benzene rings is 1. The van der Waals surface area contributed by atoms with Gasteiger partial charge in [-0.3, -0.25) is 4.79 Å². The van der Waals surface area contributed by atoms with Crippen molar-refractivity contribution >= 4 is 21.4 Å². The number of phenolic OH excluding ortho intramolecular Hbond substituents is 1. The lowest BCUT2D eigenvalue weighted by atomic mass is 10.2. The number of hydrogen-bond acceptors (Lipinski definition) is 5. The molecule has 0 aliphatic heterocycles. The number of nitrogens with one attached hydrogen (secondary N) is 1. The van der Waals surface area contributed by atoms with E-state index in [0.29, 0.717) is 0 Å². The van der Waals surface area contributed by atoms with Crippen LogP contribution in [-0.2, 0) is 14.6 Å². The molecule has 0 radical (unpaired) electrons.